The van der Waals surface area contributed by atoms with Crippen LogP contribution >= 0.6 is 12.2 Å². The molecule has 2 rings (SSSR count). The van der Waals surface area contributed by atoms with Gasteiger partial charge in [0.15, 0.2) is 5.11 Å². The first kappa shape index (κ1) is 19.7. The lowest BCUT2D eigenvalue weighted by Crippen LogP contribution is -2.47. The minimum absolute atomic E-state index is 0.0198. The van der Waals surface area contributed by atoms with E-state index >= 15 is 0 Å². The van der Waals surface area contributed by atoms with E-state index in [1.807, 2.05) is 0 Å². The van der Waals surface area contributed by atoms with Gasteiger partial charge in [0, 0.05) is 5.69 Å². The van der Waals surface area contributed by atoms with E-state index in [-0.39, 0.29) is 10.0 Å². The molecule has 0 saturated carbocycles. The summed E-state index contributed by atoms with van der Waals surface area (Å²) in [4.78, 5) is 11.5. The average molecular weight is 400 g/mol. The molecule has 0 fully saturated rings. The van der Waals surface area contributed by atoms with Crippen LogP contribution in [0.5, 0.6) is 0 Å². The van der Waals surface area contributed by atoms with E-state index in [0.717, 1.165) is 24.3 Å². The van der Waals surface area contributed by atoms with Crippen molar-refractivity contribution in [2.24, 2.45) is 0 Å². The summed E-state index contributed by atoms with van der Waals surface area (Å²) in [7, 11) is -3.95. The Balaban J connectivity index is 1.78. The standard InChI is InChI=1S/C15H14F2N4O3S2/c16-10-1-5-12(6-2-10)19-15(25)21-20-14(22)9-18-26(23,24)13-7-3-11(17)4-8-13/h1-8,18H,9H2,(H,20,22)(H2,19,21,25). The van der Waals surface area contributed by atoms with Crippen LogP contribution in [0.3, 0.4) is 0 Å². The van der Waals surface area contributed by atoms with E-state index in [4.69, 9.17) is 12.2 Å². The predicted octanol–water partition coefficient (Wildman–Crippen LogP) is 1.26. The van der Waals surface area contributed by atoms with Gasteiger partial charge in [0.2, 0.25) is 10.0 Å². The van der Waals surface area contributed by atoms with Crippen LogP contribution in [0.4, 0.5) is 14.5 Å². The van der Waals surface area contributed by atoms with Gasteiger partial charge in [-0.2, -0.15) is 0 Å². The Kier molecular flexibility index (Phi) is 6.55. The molecular weight excluding hydrogens is 386 g/mol. The molecule has 4 N–H and O–H groups in total. The van der Waals surface area contributed by atoms with Crippen molar-refractivity contribution in [2.45, 2.75) is 4.90 Å². The molecular formula is C15H14F2N4O3S2. The van der Waals surface area contributed by atoms with Gasteiger partial charge in [0.05, 0.1) is 11.4 Å². The van der Waals surface area contributed by atoms with Crippen LogP contribution in [0.1, 0.15) is 0 Å². The molecule has 0 aromatic heterocycles. The van der Waals surface area contributed by atoms with Crippen molar-refractivity contribution < 1.29 is 22.0 Å². The molecule has 0 heterocycles. The predicted molar refractivity (Wildman–Crippen MR) is 95.5 cm³/mol. The van der Waals surface area contributed by atoms with Crippen molar-refractivity contribution >= 4 is 38.9 Å². The van der Waals surface area contributed by atoms with Crippen LogP contribution in [-0.4, -0.2) is 26.0 Å². The molecule has 1 amide bonds. The number of thiocarbonyl (C=S) groups is 1. The lowest BCUT2D eigenvalue weighted by atomic mass is 10.3. The van der Waals surface area contributed by atoms with Crippen molar-refractivity contribution in [1.29, 1.82) is 0 Å². The summed E-state index contributed by atoms with van der Waals surface area (Å²) >= 11 is 4.93. The minimum atomic E-state index is -3.95. The van der Waals surface area contributed by atoms with E-state index < -0.39 is 34.1 Å². The molecule has 2 aromatic rings. The fraction of sp³-hybridized carbons (Fsp3) is 0.0667. The van der Waals surface area contributed by atoms with Gasteiger partial charge in [-0.05, 0) is 60.7 Å². The zero-order valence-electron chi connectivity index (χ0n) is 13.1. The molecule has 138 valence electrons. The van der Waals surface area contributed by atoms with Crippen molar-refractivity contribution in [2.75, 3.05) is 11.9 Å². The van der Waals surface area contributed by atoms with E-state index in [2.05, 4.69) is 20.9 Å². The highest BCUT2D eigenvalue weighted by molar-refractivity contribution is 7.89. The van der Waals surface area contributed by atoms with Crippen LogP contribution in [0, 0.1) is 11.6 Å². The van der Waals surface area contributed by atoms with Crippen LogP contribution < -0.4 is 20.9 Å². The number of benzene rings is 2. The zero-order valence-corrected chi connectivity index (χ0v) is 14.8. The molecule has 0 bridgehead atoms. The molecule has 26 heavy (non-hydrogen) atoms. The van der Waals surface area contributed by atoms with Crippen molar-refractivity contribution in [3.63, 3.8) is 0 Å². The highest BCUT2D eigenvalue weighted by Gasteiger charge is 2.15. The number of amides is 1. The highest BCUT2D eigenvalue weighted by atomic mass is 32.2. The summed E-state index contributed by atoms with van der Waals surface area (Å²) in [6, 6.07) is 9.50. The normalized spacial score (nSPS) is 10.8. The Morgan fingerprint density at radius 3 is 2.04 bits per heavy atom. The van der Waals surface area contributed by atoms with E-state index in [1.165, 1.54) is 24.3 Å². The second-order valence-electron chi connectivity index (χ2n) is 4.91. The number of hydrogen-bond acceptors (Lipinski definition) is 4. The fourth-order valence-electron chi connectivity index (χ4n) is 1.72. The summed E-state index contributed by atoms with van der Waals surface area (Å²) in [6.45, 7) is -0.564. The molecule has 2 aromatic carbocycles. The van der Waals surface area contributed by atoms with E-state index in [0.29, 0.717) is 5.69 Å². The summed E-state index contributed by atoms with van der Waals surface area (Å²) in [5, 5.41) is 2.71. The summed E-state index contributed by atoms with van der Waals surface area (Å²) in [6.07, 6.45) is 0. The smallest absolute Gasteiger partial charge is 0.253 e. The first-order valence-electron chi connectivity index (χ1n) is 7.13. The quantitative estimate of drug-likeness (QED) is 0.446. The van der Waals surface area contributed by atoms with Crippen molar-refractivity contribution in [1.82, 2.24) is 15.6 Å². The Hall–Kier alpha value is -2.63. The number of carbonyl (C=O) groups is 1. The maximum atomic E-state index is 12.8. The van der Waals surface area contributed by atoms with Gasteiger partial charge in [-0.1, -0.05) is 0 Å². The highest BCUT2D eigenvalue weighted by Crippen LogP contribution is 2.09. The molecule has 0 aliphatic rings. The van der Waals surface area contributed by atoms with Gasteiger partial charge >= 0.3 is 0 Å². The van der Waals surface area contributed by atoms with Crippen LogP contribution in [0.15, 0.2) is 53.4 Å². The number of hydrogen-bond donors (Lipinski definition) is 4. The minimum Gasteiger partial charge on any atom is -0.331 e. The zero-order chi connectivity index (χ0) is 19.2. The number of rotatable bonds is 5. The summed E-state index contributed by atoms with van der Waals surface area (Å²) in [5.74, 6) is -1.69. The number of carbonyl (C=O) groups excluding carboxylic acids is 1. The molecule has 0 radical (unpaired) electrons. The van der Waals surface area contributed by atoms with Crippen LogP contribution in [-0.2, 0) is 14.8 Å². The third-order valence-electron chi connectivity index (χ3n) is 2.96. The SMILES string of the molecule is O=C(CNS(=O)(=O)c1ccc(F)cc1)NNC(=S)Nc1ccc(F)cc1. The maximum absolute atomic E-state index is 12.8. The first-order valence-corrected chi connectivity index (χ1v) is 9.02. The van der Waals surface area contributed by atoms with E-state index in [1.54, 1.807) is 0 Å². The molecule has 11 heteroatoms. The lowest BCUT2D eigenvalue weighted by Gasteiger charge is -2.12. The van der Waals surface area contributed by atoms with Crippen LogP contribution in [0.2, 0.25) is 0 Å². The molecule has 0 atom stereocenters. The lowest BCUT2D eigenvalue weighted by molar-refractivity contribution is -0.120. The fourth-order valence-corrected chi connectivity index (χ4v) is 2.87. The Morgan fingerprint density at radius 1 is 0.923 bits per heavy atom. The number of anilines is 1. The molecule has 0 aliphatic heterocycles. The topological polar surface area (TPSA) is 99.3 Å². The van der Waals surface area contributed by atoms with Crippen LogP contribution in [0.25, 0.3) is 0 Å². The van der Waals surface area contributed by atoms with Gasteiger partial charge in [-0.25, -0.2) is 21.9 Å². The second kappa shape index (κ2) is 8.65. The molecule has 0 aliphatic carbocycles. The number of hydrazine groups is 1. The maximum Gasteiger partial charge on any atom is 0.253 e. The average Bonchev–Trinajstić information content (AvgIpc) is 2.61. The van der Waals surface area contributed by atoms with Gasteiger partial charge in [-0.3, -0.25) is 15.6 Å². The second-order valence-corrected chi connectivity index (χ2v) is 7.09. The monoisotopic (exact) mass is 400 g/mol. The van der Waals surface area contributed by atoms with Gasteiger partial charge < -0.3 is 5.32 Å². The summed E-state index contributed by atoms with van der Waals surface area (Å²) < 4.78 is 51.6. The first-order chi connectivity index (χ1) is 12.3. The Labute approximate surface area is 153 Å². The third-order valence-corrected chi connectivity index (χ3v) is 4.59. The third kappa shape index (κ3) is 6.02. The Morgan fingerprint density at radius 2 is 1.46 bits per heavy atom. The van der Waals surface area contributed by atoms with Gasteiger partial charge in [0.1, 0.15) is 11.6 Å². The molecule has 0 spiro atoms. The van der Waals surface area contributed by atoms with Gasteiger partial charge in [0.25, 0.3) is 5.91 Å². The van der Waals surface area contributed by atoms with Crippen molar-refractivity contribution in [3.8, 4) is 0 Å². The largest absolute Gasteiger partial charge is 0.331 e. The molecule has 0 unspecified atom stereocenters. The van der Waals surface area contributed by atoms with E-state index in [9.17, 15) is 22.0 Å². The summed E-state index contributed by atoms with van der Waals surface area (Å²) in [5.41, 5.74) is 5.06. The number of halogens is 2. The Bertz CT molecular complexity index is 888. The number of nitrogens with one attached hydrogen (secondary N) is 4. The van der Waals surface area contributed by atoms with Crippen molar-refractivity contribution in [3.05, 3.63) is 60.2 Å². The van der Waals surface area contributed by atoms with Gasteiger partial charge in [-0.15, -0.1) is 0 Å². The molecule has 7 nitrogen and oxygen atoms in total. The molecule has 0 saturated heterocycles. The number of sulfonamides is 1.